The number of rotatable bonds is 2. The fourth-order valence-electron chi connectivity index (χ4n) is 2.32. The summed E-state index contributed by atoms with van der Waals surface area (Å²) in [5.41, 5.74) is 1.63. The van der Waals surface area contributed by atoms with Crippen molar-refractivity contribution in [1.29, 1.82) is 0 Å². The van der Waals surface area contributed by atoms with E-state index in [4.69, 9.17) is 4.74 Å². The van der Waals surface area contributed by atoms with Crippen molar-refractivity contribution in [2.75, 3.05) is 19.7 Å². The molecule has 1 fully saturated rings. The molecule has 1 aliphatic heterocycles. The van der Waals surface area contributed by atoms with E-state index in [0.717, 1.165) is 10.0 Å². The number of hydrogen-bond donors (Lipinski definition) is 1. The van der Waals surface area contributed by atoms with Crippen molar-refractivity contribution in [3.8, 4) is 0 Å². The first kappa shape index (κ1) is 14.5. The van der Waals surface area contributed by atoms with Gasteiger partial charge in [-0.05, 0) is 31.5 Å². The van der Waals surface area contributed by atoms with E-state index in [9.17, 15) is 9.90 Å². The van der Waals surface area contributed by atoms with E-state index in [2.05, 4.69) is 15.9 Å². The zero-order chi connectivity index (χ0) is 14.0. The highest BCUT2D eigenvalue weighted by atomic mass is 79.9. The Morgan fingerprint density at radius 3 is 2.95 bits per heavy atom. The molecule has 19 heavy (non-hydrogen) atoms. The molecule has 2 unspecified atom stereocenters. The number of hydrogen-bond acceptors (Lipinski definition) is 3. The lowest BCUT2D eigenvalue weighted by atomic mass is 10.1. The zero-order valence-electron chi connectivity index (χ0n) is 11.1. The maximum Gasteiger partial charge on any atom is 0.254 e. The van der Waals surface area contributed by atoms with Crippen molar-refractivity contribution in [2.45, 2.75) is 26.1 Å². The molecule has 0 spiro atoms. The van der Waals surface area contributed by atoms with Crippen LogP contribution in [0, 0.1) is 6.92 Å². The van der Waals surface area contributed by atoms with Crippen LogP contribution in [0.4, 0.5) is 0 Å². The Kier molecular flexibility index (Phi) is 4.60. The lowest BCUT2D eigenvalue weighted by molar-refractivity contribution is -0.0858. The smallest absolute Gasteiger partial charge is 0.254 e. The zero-order valence-corrected chi connectivity index (χ0v) is 12.7. The predicted molar refractivity (Wildman–Crippen MR) is 76.2 cm³/mol. The van der Waals surface area contributed by atoms with E-state index < -0.39 is 0 Å². The van der Waals surface area contributed by atoms with Gasteiger partial charge in [0.05, 0.1) is 18.8 Å². The van der Waals surface area contributed by atoms with Crippen molar-refractivity contribution in [3.63, 3.8) is 0 Å². The third-order valence-electron chi connectivity index (χ3n) is 3.32. The molecule has 104 valence electrons. The van der Waals surface area contributed by atoms with Crippen LogP contribution in [-0.2, 0) is 4.74 Å². The van der Waals surface area contributed by atoms with E-state index in [1.807, 2.05) is 32.0 Å². The minimum Gasteiger partial charge on any atom is -0.394 e. The van der Waals surface area contributed by atoms with Gasteiger partial charge in [0, 0.05) is 23.1 Å². The summed E-state index contributed by atoms with van der Waals surface area (Å²) in [6, 6.07) is 5.61. The molecule has 5 heteroatoms. The maximum absolute atomic E-state index is 12.5. The van der Waals surface area contributed by atoms with E-state index in [1.54, 1.807) is 4.90 Å². The minimum atomic E-state index is -0.292. The number of amides is 1. The minimum absolute atomic E-state index is 0.00704. The monoisotopic (exact) mass is 327 g/mol. The van der Waals surface area contributed by atoms with Crippen molar-refractivity contribution in [1.82, 2.24) is 4.90 Å². The first-order valence-electron chi connectivity index (χ1n) is 6.33. The number of carbonyl (C=O) groups is 1. The molecule has 0 saturated carbocycles. The Morgan fingerprint density at radius 1 is 1.53 bits per heavy atom. The molecular formula is C14H18BrNO3. The standard InChI is InChI=1S/C14H18BrNO3/c1-9-6-16(7-11(8-17)19-9)14(18)12-4-3-5-13(15)10(12)2/h3-5,9,11,17H,6-8H2,1-2H3. The molecule has 0 bridgehead atoms. The van der Waals surface area contributed by atoms with Crippen molar-refractivity contribution >= 4 is 21.8 Å². The number of ether oxygens (including phenoxy) is 1. The van der Waals surface area contributed by atoms with Crippen LogP contribution >= 0.6 is 15.9 Å². The van der Waals surface area contributed by atoms with Crippen LogP contribution < -0.4 is 0 Å². The van der Waals surface area contributed by atoms with Crippen molar-refractivity contribution < 1.29 is 14.6 Å². The maximum atomic E-state index is 12.5. The molecule has 2 rings (SSSR count). The Balaban J connectivity index is 2.21. The van der Waals surface area contributed by atoms with Crippen LogP contribution in [0.25, 0.3) is 0 Å². The van der Waals surface area contributed by atoms with Crippen LogP contribution in [0.2, 0.25) is 0 Å². The predicted octanol–water partition coefficient (Wildman–Crippen LogP) is 1.98. The van der Waals surface area contributed by atoms with E-state index >= 15 is 0 Å². The number of carbonyl (C=O) groups excluding carboxylic acids is 1. The SMILES string of the molecule is Cc1c(Br)cccc1C(=O)N1CC(C)OC(CO)C1. The second-order valence-electron chi connectivity index (χ2n) is 4.87. The van der Waals surface area contributed by atoms with E-state index in [1.165, 1.54) is 0 Å². The van der Waals surface area contributed by atoms with Crippen LogP contribution in [0.15, 0.2) is 22.7 Å². The van der Waals surface area contributed by atoms with Gasteiger partial charge in [-0.15, -0.1) is 0 Å². The Bertz CT molecular complexity index is 478. The second kappa shape index (κ2) is 6.03. The molecule has 0 radical (unpaired) electrons. The van der Waals surface area contributed by atoms with E-state index in [0.29, 0.717) is 18.7 Å². The molecule has 1 aromatic carbocycles. The lowest BCUT2D eigenvalue weighted by Gasteiger charge is -2.36. The van der Waals surface area contributed by atoms with Gasteiger partial charge in [0.1, 0.15) is 0 Å². The Morgan fingerprint density at radius 2 is 2.26 bits per heavy atom. The highest BCUT2D eigenvalue weighted by molar-refractivity contribution is 9.10. The van der Waals surface area contributed by atoms with E-state index in [-0.39, 0.29) is 24.7 Å². The van der Waals surface area contributed by atoms with Gasteiger partial charge in [-0.25, -0.2) is 0 Å². The molecule has 0 aromatic heterocycles. The van der Waals surface area contributed by atoms with Crippen molar-refractivity contribution in [2.24, 2.45) is 0 Å². The highest BCUT2D eigenvalue weighted by Crippen LogP contribution is 2.22. The first-order valence-corrected chi connectivity index (χ1v) is 7.13. The number of benzene rings is 1. The Labute approximate surface area is 121 Å². The second-order valence-corrected chi connectivity index (χ2v) is 5.73. The molecule has 2 atom stereocenters. The first-order chi connectivity index (χ1) is 9.02. The number of morpholine rings is 1. The third-order valence-corrected chi connectivity index (χ3v) is 4.17. The normalized spacial score (nSPS) is 23.5. The summed E-state index contributed by atoms with van der Waals surface area (Å²) in [6.07, 6.45) is -0.345. The van der Waals surface area contributed by atoms with Gasteiger partial charge in [0.25, 0.3) is 5.91 Å². The summed E-state index contributed by atoms with van der Waals surface area (Å²) in [4.78, 5) is 14.3. The Hall–Kier alpha value is -0.910. The number of aliphatic hydroxyl groups excluding tert-OH is 1. The van der Waals surface area contributed by atoms with Crippen LogP contribution in [0.5, 0.6) is 0 Å². The molecule has 0 aliphatic carbocycles. The molecule has 1 heterocycles. The molecule has 1 aliphatic rings. The average molecular weight is 328 g/mol. The largest absolute Gasteiger partial charge is 0.394 e. The quantitative estimate of drug-likeness (QED) is 0.903. The third kappa shape index (κ3) is 3.16. The van der Waals surface area contributed by atoms with Crippen LogP contribution in [0.1, 0.15) is 22.8 Å². The number of nitrogens with zero attached hydrogens (tertiary/aromatic N) is 1. The average Bonchev–Trinajstić information content (AvgIpc) is 2.40. The van der Waals surface area contributed by atoms with Gasteiger partial charge in [-0.3, -0.25) is 4.79 Å². The van der Waals surface area contributed by atoms with Crippen LogP contribution in [0.3, 0.4) is 0 Å². The molecule has 4 nitrogen and oxygen atoms in total. The van der Waals surface area contributed by atoms with Gasteiger partial charge in [0.15, 0.2) is 0 Å². The highest BCUT2D eigenvalue weighted by Gasteiger charge is 2.29. The summed E-state index contributed by atoms with van der Waals surface area (Å²) in [6.45, 7) is 4.76. The summed E-state index contributed by atoms with van der Waals surface area (Å²) in [5, 5.41) is 9.21. The molecular weight excluding hydrogens is 310 g/mol. The molecule has 1 aromatic rings. The molecule has 1 amide bonds. The van der Waals surface area contributed by atoms with Crippen LogP contribution in [-0.4, -0.2) is 47.8 Å². The van der Waals surface area contributed by atoms with Gasteiger partial charge < -0.3 is 14.7 Å². The number of aliphatic hydroxyl groups is 1. The summed E-state index contributed by atoms with van der Waals surface area (Å²) < 4.78 is 6.48. The van der Waals surface area contributed by atoms with Gasteiger partial charge in [-0.1, -0.05) is 22.0 Å². The fraction of sp³-hybridized carbons (Fsp3) is 0.500. The lowest BCUT2D eigenvalue weighted by Crippen LogP contribution is -2.50. The summed E-state index contributed by atoms with van der Waals surface area (Å²) in [7, 11) is 0. The number of halogens is 1. The van der Waals surface area contributed by atoms with Crippen molar-refractivity contribution in [3.05, 3.63) is 33.8 Å². The van der Waals surface area contributed by atoms with Gasteiger partial charge >= 0.3 is 0 Å². The fourth-order valence-corrected chi connectivity index (χ4v) is 2.69. The summed E-state index contributed by atoms with van der Waals surface area (Å²) in [5.74, 6) is -0.00704. The molecule has 1 N–H and O–H groups in total. The van der Waals surface area contributed by atoms with Gasteiger partial charge in [-0.2, -0.15) is 0 Å². The van der Waals surface area contributed by atoms with Gasteiger partial charge in [0.2, 0.25) is 0 Å². The summed E-state index contributed by atoms with van der Waals surface area (Å²) >= 11 is 3.44. The topological polar surface area (TPSA) is 49.8 Å². The molecule has 1 saturated heterocycles.